The highest BCUT2D eigenvalue weighted by Gasteiger charge is 2.28. The molecular weight excluding hydrogens is 395 g/mol. The van der Waals surface area contributed by atoms with Gasteiger partial charge >= 0.3 is 0 Å². The molecule has 1 aromatic heterocycles. The molecule has 0 saturated carbocycles. The minimum absolute atomic E-state index is 0. The zero-order valence-corrected chi connectivity index (χ0v) is 16.4. The maximum absolute atomic E-state index is 13.3. The van der Waals surface area contributed by atoms with Crippen LogP contribution in [-0.2, 0) is 11.3 Å². The molecule has 1 fully saturated rings. The van der Waals surface area contributed by atoms with E-state index in [0.29, 0.717) is 18.7 Å². The molecule has 8 heteroatoms. The second-order valence-electron chi connectivity index (χ2n) is 6.86. The maximum Gasteiger partial charge on any atom is 0.237 e. The van der Waals surface area contributed by atoms with Gasteiger partial charge in [-0.2, -0.15) is 5.10 Å². The van der Waals surface area contributed by atoms with E-state index in [9.17, 15) is 14.3 Å². The first kappa shape index (κ1) is 21.0. The lowest BCUT2D eigenvalue weighted by Gasteiger charge is -2.11. The average molecular weight is 417 g/mol. The first-order valence-corrected chi connectivity index (χ1v) is 9.19. The Bertz CT molecular complexity index is 963. The van der Waals surface area contributed by atoms with Gasteiger partial charge in [-0.3, -0.25) is 4.79 Å². The smallest absolute Gasteiger partial charge is 0.237 e. The number of β-amino-alcohol motifs (C(OH)–C–C–N with tert-alkyl or cyclic N) is 1. The van der Waals surface area contributed by atoms with Crippen molar-refractivity contribution in [2.24, 2.45) is 0 Å². The molecule has 0 bridgehead atoms. The van der Waals surface area contributed by atoms with E-state index in [1.165, 1.54) is 12.1 Å². The van der Waals surface area contributed by atoms with Gasteiger partial charge in [0, 0.05) is 30.4 Å². The van der Waals surface area contributed by atoms with Crippen LogP contribution < -0.4 is 10.6 Å². The summed E-state index contributed by atoms with van der Waals surface area (Å²) >= 11 is 0. The number of nitrogens with one attached hydrogen (secondary N) is 2. The van der Waals surface area contributed by atoms with Gasteiger partial charge in [0.05, 0.1) is 23.5 Å². The topological polar surface area (TPSA) is 79.2 Å². The van der Waals surface area contributed by atoms with Gasteiger partial charge in [0.25, 0.3) is 0 Å². The lowest BCUT2D eigenvalue weighted by molar-refractivity contribution is -0.123. The Kier molecular flexibility index (Phi) is 6.64. The van der Waals surface area contributed by atoms with Crippen LogP contribution in [0.3, 0.4) is 0 Å². The molecule has 1 amide bonds. The Morgan fingerprint density at radius 2 is 1.93 bits per heavy atom. The number of halogens is 2. The number of benzene rings is 2. The molecule has 29 heavy (non-hydrogen) atoms. The molecule has 2 heterocycles. The molecule has 2 aromatic carbocycles. The van der Waals surface area contributed by atoms with Gasteiger partial charge in [-0.05, 0) is 42.8 Å². The van der Waals surface area contributed by atoms with Crippen LogP contribution in [0.25, 0.3) is 16.9 Å². The van der Waals surface area contributed by atoms with Gasteiger partial charge in [-0.25, -0.2) is 9.07 Å². The zero-order valence-electron chi connectivity index (χ0n) is 15.6. The predicted octanol–water partition coefficient (Wildman–Crippen LogP) is 2.44. The summed E-state index contributed by atoms with van der Waals surface area (Å²) in [6.45, 7) is 0.706. The number of aliphatic hydroxyl groups is 1. The van der Waals surface area contributed by atoms with Gasteiger partial charge in [0.2, 0.25) is 5.91 Å². The fraction of sp³-hybridized carbons (Fsp3) is 0.238. The first-order valence-electron chi connectivity index (χ1n) is 9.19. The van der Waals surface area contributed by atoms with E-state index in [1.807, 2.05) is 36.5 Å². The molecule has 4 rings (SSSR count). The summed E-state index contributed by atoms with van der Waals surface area (Å²) in [5.74, 6) is -0.471. The minimum atomic E-state index is -0.494. The van der Waals surface area contributed by atoms with Gasteiger partial charge < -0.3 is 15.7 Å². The number of hydrogen-bond donors (Lipinski definition) is 3. The summed E-state index contributed by atoms with van der Waals surface area (Å²) in [6.07, 6.45) is 1.77. The SMILES string of the molecule is Cl.O=C(NCc1cn(-c2ccccc2)nc1-c1ccc(F)cc1)C1CC(O)CN1. The van der Waals surface area contributed by atoms with Crippen molar-refractivity contribution in [3.05, 3.63) is 72.2 Å². The summed E-state index contributed by atoms with van der Waals surface area (Å²) in [5, 5.41) is 20.2. The molecule has 0 spiro atoms. The number of carbonyl (C=O) groups excluding carboxylic acids is 1. The number of rotatable bonds is 5. The Hall–Kier alpha value is -2.74. The Balaban J connectivity index is 0.00000240. The van der Waals surface area contributed by atoms with Crippen LogP contribution in [0.15, 0.2) is 60.8 Å². The van der Waals surface area contributed by atoms with Crippen molar-refractivity contribution in [2.45, 2.75) is 25.1 Å². The van der Waals surface area contributed by atoms with E-state index in [-0.39, 0.29) is 30.7 Å². The highest BCUT2D eigenvalue weighted by Crippen LogP contribution is 2.24. The van der Waals surface area contributed by atoms with Gasteiger partial charge in [-0.15, -0.1) is 12.4 Å². The molecule has 3 N–H and O–H groups in total. The van der Waals surface area contributed by atoms with Gasteiger partial charge in [0.15, 0.2) is 0 Å². The van der Waals surface area contributed by atoms with Crippen LogP contribution >= 0.6 is 12.4 Å². The van der Waals surface area contributed by atoms with Crippen molar-refractivity contribution in [3.8, 4) is 16.9 Å². The highest BCUT2D eigenvalue weighted by molar-refractivity contribution is 5.85. The van der Waals surface area contributed by atoms with Gasteiger partial charge in [0.1, 0.15) is 5.82 Å². The fourth-order valence-electron chi connectivity index (χ4n) is 3.33. The van der Waals surface area contributed by atoms with Gasteiger partial charge in [-0.1, -0.05) is 18.2 Å². The lowest BCUT2D eigenvalue weighted by Crippen LogP contribution is -2.40. The van der Waals surface area contributed by atoms with Crippen molar-refractivity contribution in [1.29, 1.82) is 0 Å². The third-order valence-electron chi connectivity index (χ3n) is 4.81. The summed E-state index contributed by atoms with van der Waals surface area (Å²) in [6, 6.07) is 15.4. The molecule has 1 aliphatic rings. The molecule has 152 valence electrons. The van der Waals surface area contributed by atoms with Crippen molar-refractivity contribution in [2.75, 3.05) is 6.54 Å². The number of nitrogens with zero attached hydrogens (tertiary/aromatic N) is 2. The molecule has 0 radical (unpaired) electrons. The Morgan fingerprint density at radius 3 is 2.59 bits per heavy atom. The number of hydrogen-bond acceptors (Lipinski definition) is 4. The number of para-hydroxylation sites is 1. The van der Waals surface area contributed by atoms with Crippen molar-refractivity contribution < 1.29 is 14.3 Å². The summed E-state index contributed by atoms with van der Waals surface area (Å²) in [7, 11) is 0. The number of aromatic nitrogens is 2. The molecule has 1 saturated heterocycles. The van der Waals surface area contributed by atoms with Crippen molar-refractivity contribution in [3.63, 3.8) is 0 Å². The largest absolute Gasteiger partial charge is 0.392 e. The standard InChI is InChI=1S/C21H21FN4O2.ClH/c22-16-8-6-14(7-9-16)20-15(11-24-21(28)19-10-18(27)12-23-19)13-26(25-20)17-4-2-1-3-5-17;/h1-9,13,18-19,23,27H,10-12H2,(H,24,28);1H. The molecule has 2 unspecified atom stereocenters. The number of amides is 1. The number of carbonyl (C=O) groups is 1. The maximum atomic E-state index is 13.3. The van der Waals surface area contributed by atoms with E-state index < -0.39 is 12.1 Å². The van der Waals surface area contributed by atoms with Crippen LogP contribution in [0.5, 0.6) is 0 Å². The molecule has 0 aliphatic carbocycles. The van der Waals surface area contributed by atoms with E-state index in [0.717, 1.165) is 16.8 Å². The van der Waals surface area contributed by atoms with Crippen LogP contribution in [0, 0.1) is 5.82 Å². The fourth-order valence-corrected chi connectivity index (χ4v) is 3.33. The Morgan fingerprint density at radius 1 is 1.21 bits per heavy atom. The summed E-state index contributed by atoms with van der Waals surface area (Å²) < 4.78 is 15.1. The van der Waals surface area contributed by atoms with E-state index in [2.05, 4.69) is 15.7 Å². The lowest BCUT2D eigenvalue weighted by atomic mass is 10.1. The molecule has 1 aliphatic heterocycles. The second kappa shape index (κ2) is 9.17. The predicted molar refractivity (Wildman–Crippen MR) is 110 cm³/mol. The van der Waals surface area contributed by atoms with Crippen LogP contribution in [0.1, 0.15) is 12.0 Å². The second-order valence-corrected chi connectivity index (χ2v) is 6.86. The van der Waals surface area contributed by atoms with Crippen molar-refractivity contribution >= 4 is 18.3 Å². The highest BCUT2D eigenvalue weighted by atomic mass is 35.5. The van der Waals surface area contributed by atoms with Crippen LogP contribution in [0.4, 0.5) is 4.39 Å². The third-order valence-corrected chi connectivity index (χ3v) is 4.81. The molecule has 6 nitrogen and oxygen atoms in total. The minimum Gasteiger partial charge on any atom is -0.392 e. The molecular formula is C21H22ClFN4O2. The first-order chi connectivity index (χ1) is 13.6. The average Bonchev–Trinajstić information content (AvgIpc) is 3.34. The van der Waals surface area contributed by atoms with Crippen LogP contribution in [-0.4, -0.2) is 39.5 Å². The molecule has 2 atom stereocenters. The molecule has 3 aromatic rings. The Labute approximate surface area is 174 Å². The monoisotopic (exact) mass is 416 g/mol. The number of aliphatic hydroxyl groups excluding tert-OH is 1. The normalized spacial score (nSPS) is 18.3. The third kappa shape index (κ3) is 4.82. The zero-order chi connectivity index (χ0) is 19.5. The van der Waals surface area contributed by atoms with E-state index in [1.54, 1.807) is 16.8 Å². The van der Waals surface area contributed by atoms with E-state index >= 15 is 0 Å². The van der Waals surface area contributed by atoms with Crippen LogP contribution in [0.2, 0.25) is 0 Å². The quantitative estimate of drug-likeness (QED) is 0.597. The van der Waals surface area contributed by atoms with E-state index in [4.69, 9.17) is 0 Å². The van der Waals surface area contributed by atoms with Crippen molar-refractivity contribution in [1.82, 2.24) is 20.4 Å². The summed E-state index contributed by atoms with van der Waals surface area (Å²) in [4.78, 5) is 12.4. The summed E-state index contributed by atoms with van der Waals surface area (Å²) in [5.41, 5.74) is 3.17.